The van der Waals surface area contributed by atoms with E-state index < -0.39 is 11.8 Å². The molecular weight excluding hydrogens is 225 g/mol. The second-order valence-electron chi connectivity index (χ2n) is 3.75. The van der Waals surface area contributed by atoms with E-state index in [1.165, 1.54) is 13.2 Å². The zero-order valence-electron chi connectivity index (χ0n) is 9.20. The molecule has 0 bridgehead atoms. The average molecular weight is 235 g/mol. The van der Waals surface area contributed by atoms with E-state index in [1.807, 2.05) is 0 Å². The molecule has 0 radical (unpaired) electrons. The number of hydrogen-bond donors (Lipinski definition) is 0. The van der Waals surface area contributed by atoms with Gasteiger partial charge in [0.15, 0.2) is 0 Å². The molecule has 4 nitrogen and oxygen atoms in total. The maximum atomic E-state index is 13.6. The Kier molecular flexibility index (Phi) is 2.96. The topological polar surface area (TPSA) is 59.3 Å². The third-order valence-corrected chi connectivity index (χ3v) is 2.40. The predicted octanol–water partition coefficient (Wildman–Crippen LogP) is 2.03. The summed E-state index contributed by atoms with van der Waals surface area (Å²) in [4.78, 5) is 11.3. The summed E-state index contributed by atoms with van der Waals surface area (Å²) in [5.41, 5.74) is -0.135. The van der Waals surface area contributed by atoms with E-state index in [4.69, 9.17) is 10.00 Å². The molecule has 17 heavy (non-hydrogen) atoms. The predicted molar refractivity (Wildman–Crippen MR) is 56.1 cm³/mol. The highest BCUT2D eigenvalue weighted by Crippen LogP contribution is 2.31. The summed E-state index contributed by atoms with van der Waals surface area (Å²) in [6.07, 6.45) is 1.79. The largest absolute Gasteiger partial charge is 0.489 e. The molecule has 2 rings (SSSR count). The molecule has 0 aromatic heterocycles. The van der Waals surface area contributed by atoms with Crippen molar-refractivity contribution >= 4 is 5.97 Å². The number of carbonyl (C=O) groups is 1. The quantitative estimate of drug-likeness (QED) is 0.752. The summed E-state index contributed by atoms with van der Waals surface area (Å²) in [7, 11) is 1.21. The highest BCUT2D eigenvalue weighted by Gasteiger charge is 2.26. The standard InChI is InChI=1S/C12H10FNO3/c1-16-12(15)7-4-10(13)9(6-14)11(5-7)17-8-2-3-8/h4-5,8H,2-3H2,1H3. The van der Waals surface area contributed by atoms with E-state index in [9.17, 15) is 9.18 Å². The van der Waals surface area contributed by atoms with Crippen LogP contribution in [0.15, 0.2) is 12.1 Å². The highest BCUT2D eigenvalue weighted by molar-refractivity contribution is 5.90. The van der Waals surface area contributed by atoms with Crippen LogP contribution in [0.1, 0.15) is 28.8 Å². The van der Waals surface area contributed by atoms with Crippen LogP contribution in [0.4, 0.5) is 4.39 Å². The van der Waals surface area contributed by atoms with Crippen LogP contribution in [-0.2, 0) is 4.74 Å². The van der Waals surface area contributed by atoms with Gasteiger partial charge in [0.05, 0.1) is 18.8 Å². The first kappa shape index (κ1) is 11.4. The van der Waals surface area contributed by atoms with E-state index >= 15 is 0 Å². The van der Waals surface area contributed by atoms with Crippen LogP contribution in [0.3, 0.4) is 0 Å². The Balaban J connectivity index is 2.41. The van der Waals surface area contributed by atoms with Crippen LogP contribution in [0.5, 0.6) is 5.75 Å². The molecule has 0 spiro atoms. The molecule has 1 aromatic rings. The third kappa shape index (κ3) is 2.36. The van der Waals surface area contributed by atoms with Crippen LogP contribution in [-0.4, -0.2) is 19.2 Å². The van der Waals surface area contributed by atoms with E-state index in [0.717, 1.165) is 18.9 Å². The molecule has 0 heterocycles. The molecule has 0 saturated heterocycles. The molecule has 0 unspecified atom stereocenters. The molecule has 88 valence electrons. The first-order chi connectivity index (χ1) is 8.15. The fourth-order valence-corrected chi connectivity index (χ4v) is 1.38. The van der Waals surface area contributed by atoms with Gasteiger partial charge in [0.25, 0.3) is 0 Å². The number of nitrogens with zero attached hydrogens (tertiary/aromatic N) is 1. The van der Waals surface area contributed by atoms with Crippen molar-refractivity contribution in [3.8, 4) is 11.8 Å². The normalized spacial score (nSPS) is 13.9. The van der Waals surface area contributed by atoms with Gasteiger partial charge in [-0.15, -0.1) is 0 Å². The van der Waals surface area contributed by atoms with Gasteiger partial charge < -0.3 is 9.47 Å². The second-order valence-corrected chi connectivity index (χ2v) is 3.75. The number of methoxy groups -OCH3 is 1. The summed E-state index contributed by atoms with van der Waals surface area (Å²) in [6.45, 7) is 0. The molecule has 0 atom stereocenters. The number of rotatable bonds is 3. The summed E-state index contributed by atoms with van der Waals surface area (Å²) in [6, 6.07) is 4.04. The Labute approximate surface area is 97.6 Å². The summed E-state index contributed by atoms with van der Waals surface area (Å²) < 4.78 is 23.5. The Morgan fingerprint density at radius 3 is 2.76 bits per heavy atom. The van der Waals surface area contributed by atoms with Crippen molar-refractivity contribution in [2.45, 2.75) is 18.9 Å². The highest BCUT2D eigenvalue weighted by atomic mass is 19.1. The van der Waals surface area contributed by atoms with Gasteiger partial charge in [-0.2, -0.15) is 5.26 Å². The number of carbonyl (C=O) groups excluding carboxylic acids is 1. The Morgan fingerprint density at radius 1 is 1.53 bits per heavy atom. The number of halogens is 1. The van der Waals surface area contributed by atoms with Crippen molar-refractivity contribution in [1.29, 1.82) is 5.26 Å². The molecular formula is C12H10FNO3. The number of nitriles is 1. The Bertz CT molecular complexity index is 503. The maximum Gasteiger partial charge on any atom is 0.338 e. The van der Waals surface area contributed by atoms with E-state index in [-0.39, 0.29) is 23.0 Å². The van der Waals surface area contributed by atoms with Gasteiger partial charge in [-0.3, -0.25) is 0 Å². The molecule has 5 heteroatoms. The van der Waals surface area contributed by atoms with Gasteiger partial charge in [-0.25, -0.2) is 9.18 Å². The van der Waals surface area contributed by atoms with Gasteiger partial charge in [0.1, 0.15) is 23.2 Å². The van der Waals surface area contributed by atoms with Crippen LogP contribution in [0, 0.1) is 17.1 Å². The molecule has 1 aliphatic carbocycles. The minimum absolute atomic E-state index is 0.0226. The van der Waals surface area contributed by atoms with Gasteiger partial charge in [-0.1, -0.05) is 0 Å². The van der Waals surface area contributed by atoms with Gasteiger partial charge >= 0.3 is 5.97 Å². The molecule has 1 aromatic carbocycles. The lowest BCUT2D eigenvalue weighted by atomic mass is 10.1. The molecule has 1 saturated carbocycles. The number of benzene rings is 1. The fraction of sp³-hybridized carbons (Fsp3) is 0.333. The first-order valence-corrected chi connectivity index (χ1v) is 5.14. The maximum absolute atomic E-state index is 13.6. The van der Waals surface area contributed by atoms with Gasteiger partial charge in [0.2, 0.25) is 0 Å². The zero-order valence-corrected chi connectivity index (χ0v) is 9.20. The van der Waals surface area contributed by atoms with Crippen LogP contribution in [0.2, 0.25) is 0 Å². The average Bonchev–Trinajstić information content (AvgIpc) is 3.11. The van der Waals surface area contributed by atoms with Crippen molar-refractivity contribution in [3.63, 3.8) is 0 Å². The van der Waals surface area contributed by atoms with E-state index in [1.54, 1.807) is 6.07 Å². The number of hydrogen-bond acceptors (Lipinski definition) is 4. The fourth-order valence-electron chi connectivity index (χ4n) is 1.38. The van der Waals surface area contributed by atoms with Crippen molar-refractivity contribution in [1.82, 2.24) is 0 Å². The van der Waals surface area contributed by atoms with Crippen LogP contribution in [0.25, 0.3) is 0 Å². The lowest BCUT2D eigenvalue weighted by molar-refractivity contribution is 0.0599. The van der Waals surface area contributed by atoms with Crippen molar-refractivity contribution in [3.05, 3.63) is 29.1 Å². The molecule has 0 amide bonds. The van der Waals surface area contributed by atoms with E-state index in [2.05, 4.69) is 4.74 Å². The van der Waals surface area contributed by atoms with Gasteiger partial charge in [-0.05, 0) is 25.0 Å². The summed E-state index contributed by atoms with van der Waals surface area (Å²) >= 11 is 0. The SMILES string of the molecule is COC(=O)c1cc(F)c(C#N)c(OC2CC2)c1. The zero-order chi connectivity index (χ0) is 12.4. The van der Waals surface area contributed by atoms with Crippen molar-refractivity contribution in [2.75, 3.05) is 7.11 Å². The minimum Gasteiger partial charge on any atom is -0.489 e. The van der Waals surface area contributed by atoms with Gasteiger partial charge in [0, 0.05) is 0 Å². The Morgan fingerprint density at radius 2 is 2.24 bits per heavy atom. The molecule has 1 fully saturated rings. The Hall–Kier alpha value is -2.09. The molecule has 1 aliphatic rings. The number of esters is 1. The number of ether oxygens (including phenoxy) is 2. The van der Waals surface area contributed by atoms with Crippen LogP contribution >= 0.6 is 0 Å². The van der Waals surface area contributed by atoms with E-state index in [0.29, 0.717) is 0 Å². The molecule has 0 N–H and O–H groups in total. The first-order valence-electron chi connectivity index (χ1n) is 5.14. The summed E-state index contributed by atoms with van der Waals surface area (Å²) in [5, 5.41) is 8.83. The molecule has 0 aliphatic heterocycles. The summed E-state index contributed by atoms with van der Waals surface area (Å²) in [5.74, 6) is -1.32. The van der Waals surface area contributed by atoms with Crippen molar-refractivity contribution in [2.24, 2.45) is 0 Å². The second kappa shape index (κ2) is 4.42. The van der Waals surface area contributed by atoms with Crippen molar-refractivity contribution < 1.29 is 18.7 Å². The van der Waals surface area contributed by atoms with Crippen LogP contribution < -0.4 is 4.74 Å². The lowest BCUT2D eigenvalue weighted by Crippen LogP contribution is -2.06. The smallest absolute Gasteiger partial charge is 0.338 e. The third-order valence-electron chi connectivity index (χ3n) is 2.40. The lowest BCUT2D eigenvalue weighted by Gasteiger charge is -2.09. The monoisotopic (exact) mass is 235 g/mol. The minimum atomic E-state index is -0.772.